The minimum atomic E-state index is 0.650. The summed E-state index contributed by atoms with van der Waals surface area (Å²) in [5.74, 6) is 2.83. The molecule has 0 atom stereocenters. The number of ether oxygens (including phenoxy) is 1. The summed E-state index contributed by atoms with van der Waals surface area (Å²) in [5, 5.41) is 3.43. The quantitative estimate of drug-likeness (QED) is 0.941. The number of fused-ring (bicyclic) bond motifs is 1. The summed E-state index contributed by atoms with van der Waals surface area (Å²) in [6.45, 7) is 4.09. The average molecular weight is 283 g/mol. The Balaban J connectivity index is 1.88. The fourth-order valence-corrected chi connectivity index (χ4v) is 3.22. The molecule has 4 heteroatoms. The van der Waals surface area contributed by atoms with E-state index in [0.29, 0.717) is 5.92 Å². The van der Waals surface area contributed by atoms with Crippen molar-refractivity contribution in [3.05, 3.63) is 41.0 Å². The molecule has 1 N–H and O–H groups in total. The molecule has 2 aliphatic rings. The zero-order chi connectivity index (χ0) is 14.4. The summed E-state index contributed by atoms with van der Waals surface area (Å²) in [5.41, 5.74) is 5.13. The summed E-state index contributed by atoms with van der Waals surface area (Å²) in [6, 6.07) is 6.33. The molecule has 0 unspecified atom stereocenters. The summed E-state index contributed by atoms with van der Waals surface area (Å²) >= 11 is 0. The van der Waals surface area contributed by atoms with Gasteiger partial charge in [0.25, 0.3) is 0 Å². The number of hydrogen-bond donors (Lipinski definition) is 1. The molecular formula is C17H21N3O. The number of rotatable bonds is 3. The van der Waals surface area contributed by atoms with Crippen molar-refractivity contribution in [1.29, 1.82) is 0 Å². The van der Waals surface area contributed by atoms with Gasteiger partial charge in [-0.15, -0.1) is 0 Å². The summed E-state index contributed by atoms with van der Waals surface area (Å²) in [4.78, 5) is 4.94. The molecule has 1 aromatic heterocycles. The van der Waals surface area contributed by atoms with Crippen molar-refractivity contribution in [2.45, 2.75) is 38.6 Å². The smallest absolute Gasteiger partial charge is 0.119 e. The lowest BCUT2D eigenvalue weighted by molar-refractivity contribution is 0.414. The average Bonchev–Trinajstić information content (AvgIpc) is 3.28. The van der Waals surface area contributed by atoms with Gasteiger partial charge in [-0.2, -0.15) is 0 Å². The van der Waals surface area contributed by atoms with E-state index in [9.17, 15) is 0 Å². The SMILES string of the molecule is COc1ccc(-n2c(C3CC3)nc3c2CCNC3)c(C)c1. The van der Waals surface area contributed by atoms with Gasteiger partial charge in [0.05, 0.1) is 18.5 Å². The van der Waals surface area contributed by atoms with Crippen LogP contribution in [0.2, 0.25) is 0 Å². The Morgan fingerprint density at radius 3 is 2.90 bits per heavy atom. The van der Waals surface area contributed by atoms with E-state index < -0.39 is 0 Å². The number of hydrogen-bond acceptors (Lipinski definition) is 3. The first-order valence-electron chi connectivity index (χ1n) is 7.74. The van der Waals surface area contributed by atoms with E-state index in [1.807, 2.05) is 6.07 Å². The predicted octanol–water partition coefficient (Wildman–Crippen LogP) is 2.71. The van der Waals surface area contributed by atoms with E-state index in [1.54, 1.807) is 7.11 Å². The molecular weight excluding hydrogens is 262 g/mol. The Bertz CT molecular complexity index is 686. The van der Waals surface area contributed by atoms with Gasteiger partial charge in [-0.3, -0.25) is 4.57 Å². The predicted molar refractivity (Wildman–Crippen MR) is 82.2 cm³/mol. The second kappa shape index (κ2) is 4.88. The van der Waals surface area contributed by atoms with Crippen LogP contribution in [0.3, 0.4) is 0 Å². The van der Waals surface area contributed by atoms with Crippen LogP contribution in [0.1, 0.15) is 41.5 Å². The molecule has 1 aliphatic carbocycles. The van der Waals surface area contributed by atoms with Crippen LogP contribution in [-0.2, 0) is 13.0 Å². The lowest BCUT2D eigenvalue weighted by atomic mass is 10.1. The van der Waals surface area contributed by atoms with Crippen molar-refractivity contribution in [3.63, 3.8) is 0 Å². The van der Waals surface area contributed by atoms with Gasteiger partial charge in [-0.05, 0) is 43.5 Å². The fourth-order valence-electron chi connectivity index (χ4n) is 3.22. The van der Waals surface area contributed by atoms with Gasteiger partial charge in [0, 0.05) is 31.1 Å². The maximum atomic E-state index is 5.34. The van der Waals surface area contributed by atoms with Gasteiger partial charge in [0.1, 0.15) is 11.6 Å². The van der Waals surface area contributed by atoms with Crippen molar-refractivity contribution >= 4 is 0 Å². The number of aromatic nitrogens is 2. The van der Waals surface area contributed by atoms with E-state index in [2.05, 4.69) is 28.9 Å². The zero-order valence-electron chi connectivity index (χ0n) is 12.6. The largest absolute Gasteiger partial charge is 0.497 e. The highest BCUT2D eigenvalue weighted by atomic mass is 16.5. The number of nitrogens with one attached hydrogen (secondary N) is 1. The van der Waals surface area contributed by atoms with Crippen LogP contribution in [0, 0.1) is 6.92 Å². The number of imidazole rings is 1. The van der Waals surface area contributed by atoms with E-state index in [4.69, 9.17) is 9.72 Å². The van der Waals surface area contributed by atoms with Gasteiger partial charge in [0.15, 0.2) is 0 Å². The van der Waals surface area contributed by atoms with Gasteiger partial charge < -0.3 is 10.1 Å². The van der Waals surface area contributed by atoms with Crippen molar-refractivity contribution in [3.8, 4) is 11.4 Å². The Morgan fingerprint density at radius 1 is 1.33 bits per heavy atom. The van der Waals surface area contributed by atoms with Crippen LogP contribution < -0.4 is 10.1 Å². The van der Waals surface area contributed by atoms with Crippen LogP contribution in [0.15, 0.2) is 18.2 Å². The van der Waals surface area contributed by atoms with Crippen molar-refractivity contribution < 1.29 is 4.74 Å². The standard InChI is InChI=1S/C17H21N3O/c1-11-9-13(21-2)5-6-15(11)20-16-7-8-18-10-14(16)19-17(20)12-3-4-12/h5-6,9,12,18H,3-4,7-8,10H2,1-2H3. The second-order valence-corrected chi connectivity index (χ2v) is 6.05. The third kappa shape index (κ3) is 2.14. The molecule has 0 spiro atoms. The monoisotopic (exact) mass is 283 g/mol. The Labute approximate surface area is 125 Å². The summed E-state index contributed by atoms with van der Waals surface area (Å²) in [7, 11) is 1.72. The maximum Gasteiger partial charge on any atom is 0.119 e. The Kier molecular flexibility index (Phi) is 3.00. The lowest BCUT2D eigenvalue weighted by Gasteiger charge is -2.18. The topological polar surface area (TPSA) is 39.1 Å². The normalized spacial score (nSPS) is 17.6. The first kappa shape index (κ1) is 12.9. The van der Waals surface area contributed by atoms with Crippen molar-refractivity contribution in [2.24, 2.45) is 0 Å². The van der Waals surface area contributed by atoms with Crippen LogP contribution in [-0.4, -0.2) is 23.2 Å². The number of benzene rings is 1. The molecule has 2 aromatic rings. The third-order valence-corrected chi connectivity index (χ3v) is 4.50. The van der Waals surface area contributed by atoms with Crippen molar-refractivity contribution in [2.75, 3.05) is 13.7 Å². The van der Waals surface area contributed by atoms with Gasteiger partial charge >= 0.3 is 0 Å². The van der Waals surface area contributed by atoms with E-state index >= 15 is 0 Å². The minimum Gasteiger partial charge on any atom is -0.497 e. The summed E-state index contributed by atoms with van der Waals surface area (Å²) in [6.07, 6.45) is 3.61. The first-order valence-corrected chi connectivity index (χ1v) is 7.74. The molecule has 0 amide bonds. The molecule has 0 bridgehead atoms. The van der Waals surface area contributed by atoms with Crippen LogP contribution in [0.25, 0.3) is 5.69 Å². The molecule has 1 fully saturated rings. The number of aryl methyl sites for hydroxylation is 1. The number of methoxy groups -OCH3 is 1. The zero-order valence-corrected chi connectivity index (χ0v) is 12.6. The molecule has 4 nitrogen and oxygen atoms in total. The van der Waals surface area contributed by atoms with E-state index in [-0.39, 0.29) is 0 Å². The molecule has 1 aromatic carbocycles. The Morgan fingerprint density at radius 2 is 2.19 bits per heavy atom. The van der Waals surface area contributed by atoms with Gasteiger partial charge in [0.2, 0.25) is 0 Å². The molecule has 1 saturated carbocycles. The molecule has 0 saturated heterocycles. The molecule has 2 heterocycles. The van der Waals surface area contributed by atoms with Crippen molar-refractivity contribution in [1.82, 2.24) is 14.9 Å². The summed E-state index contributed by atoms with van der Waals surface area (Å²) < 4.78 is 7.75. The highest BCUT2D eigenvalue weighted by Gasteiger charge is 2.32. The third-order valence-electron chi connectivity index (χ3n) is 4.50. The van der Waals surface area contributed by atoms with E-state index in [1.165, 1.54) is 41.3 Å². The molecule has 1 aliphatic heterocycles. The second-order valence-electron chi connectivity index (χ2n) is 6.05. The highest BCUT2D eigenvalue weighted by molar-refractivity contribution is 5.48. The molecule has 4 rings (SSSR count). The van der Waals surface area contributed by atoms with Crippen LogP contribution >= 0.6 is 0 Å². The van der Waals surface area contributed by atoms with Gasteiger partial charge in [-0.1, -0.05) is 0 Å². The fraction of sp³-hybridized carbons (Fsp3) is 0.471. The maximum absolute atomic E-state index is 5.34. The Hall–Kier alpha value is -1.81. The minimum absolute atomic E-state index is 0.650. The van der Waals surface area contributed by atoms with Crippen LogP contribution in [0.4, 0.5) is 0 Å². The number of nitrogens with zero attached hydrogens (tertiary/aromatic N) is 2. The van der Waals surface area contributed by atoms with Gasteiger partial charge in [-0.25, -0.2) is 4.98 Å². The lowest BCUT2D eigenvalue weighted by Crippen LogP contribution is -2.24. The molecule has 21 heavy (non-hydrogen) atoms. The molecule has 110 valence electrons. The molecule has 0 radical (unpaired) electrons. The highest BCUT2D eigenvalue weighted by Crippen LogP contribution is 2.42. The van der Waals surface area contributed by atoms with E-state index in [0.717, 1.165) is 25.3 Å². The first-order chi connectivity index (χ1) is 10.3. The van der Waals surface area contributed by atoms with Crippen LogP contribution in [0.5, 0.6) is 5.75 Å².